The van der Waals surface area contributed by atoms with Gasteiger partial charge >= 0.3 is 11.7 Å². The molecule has 2 rings (SSSR count). The first-order chi connectivity index (χ1) is 12.2. The van der Waals surface area contributed by atoms with E-state index in [1.165, 1.54) is 13.0 Å². The Morgan fingerprint density at radius 1 is 1.23 bits per heavy atom. The summed E-state index contributed by atoms with van der Waals surface area (Å²) in [4.78, 5) is 34.2. The summed E-state index contributed by atoms with van der Waals surface area (Å²) in [7, 11) is 0. The summed E-state index contributed by atoms with van der Waals surface area (Å²) in [5.41, 5.74) is 1.28. The van der Waals surface area contributed by atoms with Gasteiger partial charge in [-0.1, -0.05) is 12.1 Å². The molecule has 0 saturated carbocycles. The monoisotopic (exact) mass is 360 g/mol. The number of esters is 1. The number of halogens is 1. The van der Waals surface area contributed by atoms with Crippen LogP contribution in [0.2, 0.25) is 0 Å². The summed E-state index contributed by atoms with van der Waals surface area (Å²) in [6, 6.07) is 8.11. The minimum absolute atomic E-state index is 0.0257. The second-order valence-electron chi connectivity index (χ2n) is 5.71. The van der Waals surface area contributed by atoms with Gasteiger partial charge in [-0.2, -0.15) is 4.39 Å². The molecular weight excluding hydrogens is 343 g/mol. The van der Waals surface area contributed by atoms with Gasteiger partial charge in [0.05, 0.1) is 10.5 Å². The first kappa shape index (κ1) is 19.0. The molecule has 26 heavy (non-hydrogen) atoms. The van der Waals surface area contributed by atoms with Crippen molar-refractivity contribution in [2.24, 2.45) is 0 Å². The lowest BCUT2D eigenvalue weighted by atomic mass is 10.0. The van der Waals surface area contributed by atoms with Crippen LogP contribution in [0.5, 0.6) is 0 Å². The number of carbonyl (C=O) groups is 2. The molecule has 0 bridgehead atoms. The van der Waals surface area contributed by atoms with Crippen LogP contribution in [0.3, 0.4) is 0 Å². The van der Waals surface area contributed by atoms with Crippen molar-refractivity contribution in [1.82, 2.24) is 0 Å². The molecule has 0 aromatic heterocycles. The number of aryl methyl sites for hydroxylation is 1. The number of nitro benzene ring substituents is 1. The third-order valence-corrected chi connectivity index (χ3v) is 3.89. The number of rotatable bonds is 5. The van der Waals surface area contributed by atoms with Crippen molar-refractivity contribution in [2.45, 2.75) is 26.9 Å². The van der Waals surface area contributed by atoms with E-state index in [0.717, 1.165) is 23.3 Å². The molecule has 0 aliphatic carbocycles. The zero-order chi connectivity index (χ0) is 19.4. The second kappa shape index (κ2) is 7.73. The molecule has 0 fully saturated rings. The summed E-state index contributed by atoms with van der Waals surface area (Å²) in [6.07, 6.45) is -1.15. The summed E-state index contributed by atoms with van der Waals surface area (Å²) >= 11 is 0. The van der Waals surface area contributed by atoms with E-state index in [2.05, 4.69) is 5.32 Å². The highest BCUT2D eigenvalue weighted by Gasteiger charge is 2.22. The number of nitrogens with zero attached hydrogens (tertiary/aromatic N) is 1. The van der Waals surface area contributed by atoms with Crippen LogP contribution >= 0.6 is 0 Å². The molecule has 0 spiro atoms. The van der Waals surface area contributed by atoms with Gasteiger partial charge in [0.1, 0.15) is 0 Å². The zero-order valence-corrected chi connectivity index (χ0v) is 14.4. The van der Waals surface area contributed by atoms with Gasteiger partial charge in [0.15, 0.2) is 6.10 Å². The first-order valence-electron chi connectivity index (χ1n) is 7.72. The van der Waals surface area contributed by atoms with Crippen LogP contribution in [0.1, 0.15) is 28.4 Å². The quantitative estimate of drug-likeness (QED) is 0.500. The normalized spacial score (nSPS) is 11.5. The number of anilines is 1. The van der Waals surface area contributed by atoms with Crippen LogP contribution in [0.15, 0.2) is 36.4 Å². The van der Waals surface area contributed by atoms with Crippen molar-refractivity contribution < 1.29 is 23.6 Å². The van der Waals surface area contributed by atoms with Crippen LogP contribution in [-0.4, -0.2) is 22.9 Å². The topological polar surface area (TPSA) is 98.5 Å². The van der Waals surface area contributed by atoms with Crippen LogP contribution in [0.4, 0.5) is 15.8 Å². The van der Waals surface area contributed by atoms with Crippen LogP contribution < -0.4 is 5.32 Å². The van der Waals surface area contributed by atoms with E-state index in [-0.39, 0.29) is 5.69 Å². The SMILES string of the molecule is Cc1cccc(C(=O)O[C@@H](C)C(=O)Nc2ccc(F)c([N+](=O)[O-])c2)c1C. The Kier molecular flexibility index (Phi) is 5.66. The van der Waals surface area contributed by atoms with E-state index in [0.29, 0.717) is 5.56 Å². The molecule has 2 aromatic carbocycles. The fourth-order valence-electron chi connectivity index (χ4n) is 2.22. The molecule has 2 aromatic rings. The Morgan fingerprint density at radius 3 is 2.58 bits per heavy atom. The van der Waals surface area contributed by atoms with E-state index in [1.807, 2.05) is 13.0 Å². The van der Waals surface area contributed by atoms with Crippen LogP contribution in [0.25, 0.3) is 0 Å². The molecule has 0 radical (unpaired) electrons. The van der Waals surface area contributed by atoms with Gasteiger partial charge in [-0.05, 0) is 50.1 Å². The lowest BCUT2D eigenvalue weighted by molar-refractivity contribution is -0.387. The molecule has 1 amide bonds. The standard InChI is InChI=1S/C18H17FN2O5/c1-10-5-4-6-14(11(10)2)18(23)26-12(3)17(22)20-13-7-8-15(19)16(9-13)21(24)25/h4-9,12H,1-3H3,(H,20,22)/t12-/m0/s1. The second-order valence-corrected chi connectivity index (χ2v) is 5.71. The van der Waals surface area contributed by atoms with Gasteiger partial charge in [-0.15, -0.1) is 0 Å². The largest absolute Gasteiger partial charge is 0.449 e. The molecule has 0 saturated heterocycles. The van der Waals surface area contributed by atoms with Crippen molar-refractivity contribution in [3.05, 3.63) is 69.0 Å². The van der Waals surface area contributed by atoms with Gasteiger partial charge in [-0.25, -0.2) is 4.79 Å². The minimum Gasteiger partial charge on any atom is -0.449 e. The fraction of sp³-hybridized carbons (Fsp3) is 0.222. The molecule has 0 aliphatic rings. The number of amides is 1. The lowest BCUT2D eigenvalue weighted by Crippen LogP contribution is -2.30. The minimum atomic E-state index is -1.15. The number of carbonyl (C=O) groups excluding carboxylic acids is 2. The molecule has 1 atom stereocenters. The maximum Gasteiger partial charge on any atom is 0.339 e. The Bertz CT molecular complexity index is 882. The van der Waals surface area contributed by atoms with Crippen molar-refractivity contribution in [3.63, 3.8) is 0 Å². The van der Waals surface area contributed by atoms with Gasteiger partial charge in [0.2, 0.25) is 5.82 Å². The highest BCUT2D eigenvalue weighted by Crippen LogP contribution is 2.22. The number of hydrogen-bond donors (Lipinski definition) is 1. The van der Waals surface area contributed by atoms with E-state index < -0.39 is 34.4 Å². The Balaban J connectivity index is 2.08. The summed E-state index contributed by atoms with van der Waals surface area (Å²) < 4.78 is 18.5. The molecule has 136 valence electrons. The maximum absolute atomic E-state index is 13.3. The van der Waals surface area contributed by atoms with Crippen molar-refractivity contribution in [2.75, 3.05) is 5.32 Å². The fourth-order valence-corrected chi connectivity index (χ4v) is 2.22. The number of nitro groups is 1. The van der Waals surface area contributed by atoms with Crippen LogP contribution in [0, 0.1) is 29.8 Å². The number of benzene rings is 2. The molecular formula is C18H17FN2O5. The van der Waals surface area contributed by atoms with E-state index in [9.17, 15) is 24.1 Å². The van der Waals surface area contributed by atoms with E-state index in [4.69, 9.17) is 4.74 Å². The average molecular weight is 360 g/mol. The Morgan fingerprint density at radius 2 is 1.92 bits per heavy atom. The Hall–Kier alpha value is -3.29. The highest BCUT2D eigenvalue weighted by molar-refractivity contribution is 5.98. The molecule has 0 aliphatic heterocycles. The predicted octanol–water partition coefficient (Wildman–Crippen LogP) is 3.53. The maximum atomic E-state index is 13.3. The number of hydrogen-bond acceptors (Lipinski definition) is 5. The van der Waals surface area contributed by atoms with Gasteiger partial charge < -0.3 is 10.1 Å². The summed E-state index contributed by atoms with van der Waals surface area (Å²) in [5, 5.41) is 13.1. The Labute approximate surface area is 148 Å². The molecule has 1 N–H and O–H groups in total. The predicted molar refractivity (Wildman–Crippen MR) is 92.5 cm³/mol. The lowest BCUT2D eigenvalue weighted by Gasteiger charge is -2.15. The van der Waals surface area contributed by atoms with E-state index in [1.54, 1.807) is 19.1 Å². The van der Waals surface area contributed by atoms with Crippen LogP contribution in [-0.2, 0) is 9.53 Å². The highest BCUT2D eigenvalue weighted by atomic mass is 19.1. The van der Waals surface area contributed by atoms with Gasteiger partial charge in [0, 0.05) is 11.8 Å². The molecule has 0 heterocycles. The number of nitrogens with one attached hydrogen (secondary N) is 1. The van der Waals surface area contributed by atoms with Gasteiger partial charge in [0.25, 0.3) is 5.91 Å². The third-order valence-electron chi connectivity index (χ3n) is 3.89. The smallest absolute Gasteiger partial charge is 0.339 e. The molecule has 0 unspecified atom stereocenters. The van der Waals surface area contributed by atoms with Gasteiger partial charge in [-0.3, -0.25) is 14.9 Å². The average Bonchev–Trinajstić information content (AvgIpc) is 2.58. The first-order valence-corrected chi connectivity index (χ1v) is 7.72. The molecule has 8 heteroatoms. The summed E-state index contributed by atoms with van der Waals surface area (Å²) in [5.74, 6) is -2.36. The van der Waals surface area contributed by atoms with Crippen molar-refractivity contribution in [3.8, 4) is 0 Å². The zero-order valence-electron chi connectivity index (χ0n) is 14.4. The van der Waals surface area contributed by atoms with Crippen molar-refractivity contribution in [1.29, 1.82) is 0 Å². The summed E-state index contributed by atoms with van der Waals surface area (Å²) in [6.45, 7) is 4.99. The number of ether oxygens (including phenoxy) is 1. The third kappa shape index (κ3) is 4.21. The molecule has 7 nitrogen and oxygen atoms in total. The van der Waals surface area contributed by atoms with E-state index >= 15 is 0 Å². The van der Waals surface area contributed by atoms with Crippen molar-refractivity contribution >= 4 is 23.3 Å².